The number of ether oxygens (including phenoxy) is 1. The Balaban J connectivity index is 2.22. The van der Waals surface area contributed by atoms with Crippen molar-refractivity contribution >= 4 is 18.4 Å². The molecule has 1 aliphatic heterocycles. The van der Waals surface area contributed by atoms with Crippen LogP contribution in [-0.4, -0.2) is 47.4 Å². The van der Waals surface area contributed by atoms with Gasteiger partial charge in [0.05, 0.1) is 12.2 Å². The monoisotopic (exact) mass is 250 g/mol. The van der Waals surface area contributed by atoms with Gasteiger partial charge in [-0.2, -0.15) is 0 Å². The predicted molar refractivity (Wildman–Crippen MR) is 71.0 cm³/mol. The van der Waals surface area contributed by atoms with Gasteiger partial charge < -0.3 is 19.7 Å². The Kier molecular flexibility index (Phi) is 3.89. The second kappa shape index (κ2) is 5.26. The lowest BCUT2D eigenvalue weighted by Crippen LogP contribution is -2.46. The molecule has 1 aromatic rings. The molecule has 0 radical (unpaired) electrons. The largest absolute Gasteiger partial charge is 0.490 e. The lowest BCUT2D eigenvalue weighted by Gasteiger charge is -2.36. The van der Waals surface area contributed by atoms with Crippen LogP contribution in [0.25, 0.3) is 0 Å². The van der Waals surface area contributed by atoms with E-state index in [9.17, 15) is 0 Å². The van der Waals surface area contributed by atoms with Gasteiger partial charge in [0.1, 0.15) is 5.82 Å². The fourth-order valence-electron chi connectivity index (χ4n) is 2.41. The highest BCUT2D eigenvalue weighted by Crippen LogP contribution is 2.20. The van der Waals surface area contributed by atoms with Crippen LogP contribution in [0.15, 0.2) is 12.3 Å². The molecule has 0 bridgehead atoms. The summed E-state index contributed by atoms with van der Waals surface area (Å²) in [6.07, 6.45) is 1.87. The molecule has 6 heteroatoms. The SMILES string of the molecule is Cc1cc(B(O)O)cnc1N1C[C@@H](C)O[C@@H](C)C1. The maximum Gasteiger partial charge on any atom is 0.490 e. The van der Waals surface area contributed by atoms with E-state index >= 15 is 0 Å². The average molecular weight is 250 g/mol. The second-order valence-corrected chi connectivity index (χ2v) is 4.95. The van der Waals surface area contributed by atoms with E-state index in [1.54, 1.807) is 6.07 Å². The Morgan fingerprint density at radius 1 is 1.33 bits per heavy atom. The van der Waals surface area contributed by atoms with Crippen molar-refractivity contribution in [2.24, 2.45) is 0 Å². The van der Waals surface area contributed by atoms with Gasteiger partial charge >= 0.3 is 7.12 Å². The summed E-state index contributed by atoms with van der Waals surface area (Å²) in [6.45, 7) is 7.63. The number of morpholine rings is 1. The quantitative estimate of drug-likeness (QED) is 0.704. The molecular formula is C12H19BN2O3. The number of nitrogens with zero attached hydrogens (tertiary/aromatic N) is 2. The van der Waals surface area contributed by atoms with Crippen LogP contribution in [0.1, 0.15) is 19.4 Å². The Morgan fingerprint density at radius 2 is 1.94 bits per heavy atom. The van der Waals surface area contributed by atoms with Crippen LogP contribution >= 0.6 is 0 Å². The molecule has 1 aliphatic rings. The van der Waals surface area contributed by atoms with Crippen molar-refractivity contribution in [1.29, 1.82) is 0 Å². The normalized spacial score (nSPS) is 24.2. The molecule has 18 heavy (non-hydrogen) atoms. The molecule has 0 saturated carbocycles. The highest BCUT2D eigenvalue weighted by Gasteiger charge is 2.24. The number of hydrogen-bond acceptors (Lipinski definition) is 5. The number of aromatic nitrogens is 1. The molecule has 2 heterocycles. The molecule has 0 amide bonds. The third kappa shape index (κ3) is 2.83. The van der Waals surface area contributed by atoms with Gasteiger partial charge in [-0.3, -0.25) is 0 Å². The van der Waals surface area contributed by atoms with Gasteiger partial charge in [-0.15, -0.1) is 0 Å². The summed E-state index contributed by atoms with van der Waals surface area (Å²) in [6, 6.07) is 1.76. The first-order valence-corrected chi connectivity index (χ1v) is 6.20. The van der Waals surface area contributed by atoms with Crippen molar-refractivity contribution in [2.75, 3.05) is 18.0 Å². The summed E-state index contributed by atoms with van der Waals surface area (Å²) >= 11 is 0. The van der Waals surface area contributed by atoms with E-state index in [0.29, 0.717) is 5.46 Å². The minimum absolute atomic E-state index is 0.179. The van der Waals surface area contributed by atoms with Crippen LogP contribution < -0.4 is 10.4 Å². The minimum atomic E-state index is -1.47. The van der Waals surface area contributed by atoms with E-state index in [-0.39, 0.29) is 12.2 Å². The molecule has 2 atom stereocenters. The topological polar surface area (TPSA) is 65.8 Å². The Bertz CT molecular complexity index is 418. The first-order valence-electron chi connectivity index (χ1n) is 6.20. The zero-order valence-electron chi connectivity index (χ0n) is 11.0. The second-order valence-electron chi connectivity index (χ2n) is 4.95. The Labute approximate surface area is 108 Å². The summed E-state index contributed by atoms with van der Waals surface area (Å²) in [4.78, 5) is 6.52. The molecule has 2 N–H and O–H groups in total. The van der Waals surface area contributed by atoms with Crippen LogP contribution in [-0.2, 0) is 4.74 Å². The third-order valence-electron chi connectivity index (χ3n) is 3.09. The third-order valence-corrected chi connectivity index (χ3v) is 3.09. The molecule has 98 valence electrons. The van der Waals surface area contributed by atoms with Crippen molar-refractivity contribution in [3.63, 3.8) is 0 Å². The lowest BCUT2D eigenvalue weighted by atomic mass is 9.81. The molecule has 1 fully saturated rings. The number of hydrogen-bond donors (Lipinski definition) is 2. The van der Waals surface area contributed by atoms with Crippen LogP contribution in [0.4, 0.5) is 5.82 Å². The van der Waals surface area contributed by atoms with Crippen molar-refractivity contribution in [3.05, 3.63) is 17.8 Å². The molecule has 0 aromatic carbocycles. The first-order chi connectivity index (χ1) is 8.47. The maximum absolute atomic E-state index is 9.12. The first kappa shape index (κ1) is 13.3. The molecule has 0 unspecified atom stereocenters. The average Bonchev–Trinajstić information content (AvgIpc) is 2.27. The van der Waals surface area contributed by atoms with E-state index in [1.165, 1.54) is 6.20 Å². The summed E-state index contributed by atoms with van der Waals surface area (Å²) in [7, 11) is -1.47. The van der Waals surface area contributed by atoms with E-state index in [4.69, 9.17) is 14.8 Å². The van der Waals surface area contributed by atoms with Gasteiger partial charge in [0.2, 0.25) is 0 Å². The van der Waals surface area contributed by atoms with Crippen molar-refractivity contribution in [3.8, 4) is 0 Å². The van der Waals surface area contributed by atoms with Gasteiger partial charge in [0.25, 0.3) is 0 Å². The number of rotatable bonds is 2. The van der Waals surface area contributed by atoms with Crippen molar-refractivity contribution < 1.29 is 14.8 Å². The van der Waals surface area contributed by atoms with Crippen LogP contribution in [0.3, 0.4) is 0 Å². The summed E-state index contributed by atoms with van der Waals surface area (Å²) in [5.74, 6) is 0.890. The number of pyridine rings is 1. The Morgan fingerprint density at radius 3 is 2.44 bits per heavy atom. The molecule has 1 aromatic heterocycles. The van der Waals surface area contributed by atoms with E-state index in [2.05, 4.69) is 9.88 Å². The van der Waals surface area contributed by atoms with Gasteiger partial charge in [0, 0.05) is 24.7 Å². The highest BCUT2D eigenvalue weighted by atomic mass is 16.5. The molecule has 1 saturated heterocycles. The van der Waals surface area contributed by atoms with E-state index in [0.717, 1.165) is 24.5 Å². The number of anilines is 1. The van der Waals surface area contributed by atoms with Gasteiger partial charge in [0.15, 0.2) is 0 Å². The predicted octanol–water partition coefficient (Wildman–Crippen LogP) is -0.317. The fraction of sp³-hybridized carbons (Fsp3) is 0.583. The van der Waals surface area contributed by atoms with Gasteiger partial charge in [-0.25, -0.2) is 4.98 Å². The maximum atomic E-state index is 9.12. The van der Waals surface area contributed by atoms with Crippen molar-refractivity contribution in [1.82, 2.24) is 4.98 Å². The standard InChI is InChI=1S/C12H19BN2O3/c1-8-4-11(13(16)17)5-14-12(8)15-6-9(2)18-10(3)7-15/h4-5,9-10,16-17H,6-7H2,1-3H3/t9-,10+. The summed E-state index contributed by atoms with van der Waals surface area (Å²) < 4.78 is 5.69. The zero-order chi connectivity index (χ0) is 13.3. The molecule has 2 rings (SSSR count). The van der Waals surface area contributed by atoms with Crippen LogP contribution in [0, 0.1) is 6.92 Å². The molecule has 0 aliphatic carbocycles. The van der Waals surface area contributed by atoms with Gasteiger partial charge in [-0.05, 0) is 26.3 Å². The highest BCUT2D eigenvalue weighted by molar-refractivity contribution is 6.58. The minimum Gasteiger partial charge on any atom is -0.423 e. The van der Waals surface area contributed by atoms with Crippen LogP contribution in [0.2, 0.25) is 0 Å². The van der Waals surface area contributed by atoms with Crippen LogP contribution in [0.5, 0.6) is 0 Å². The van der Waals surface area contributed by atoms with E-state index < -0.39 is 7.12 Å². The molecule has 0 spiro atoms. The smallest absolute Gasteiger partial charge is 0.423 e. The van der Waals surface area contributed by atoms with Crippen molar-refractivity contribution in [2.45, 2.75) is 33.0 Å². The molecular weight excluding hydrogens is 231 g/mol. The Hall–Kier alpha value is -1.11. The zero-order valence-corrected chi connectivity index (χ0v) is 11.0. The summed E-state index contributed by atoms with van der Waals surface area (Å²) in [5.41, 5.74) is 1.37. The van der Waals surface area contributed by atoms with E-state index in [1.807, 2.05) is 20.8 Å². The number of aryl methyl sites for hydroxylation is 1. The fourth-order valence-corrected chi connectivity index (χ4v) is 2.41. The summed E-state index contributed by atoms with van der Waals surface area (Å²) in [5, 5.41) is 18.2. The molecule has 5 nitrogen and oxygen atoms in total. The lowest BCUT2D eigenvalue weighted by molar-refractivity contribution is -0.00548. The van der Waals surface area contributed by atoms with Gasteiger partial charge in [-0.1, -0.05) is 6.07 Å².